The maximum absolute atomic E-state index is 13.8. The van der Waals surface area contributed by atoms with Gasteiger partial charge in [-0.2, -0.15) is 0 Å². The Labute approximate surface area is 248 Å². The summed E-state index contributed by atoms with van der Waals surface area (Å²) in [7, 11) is -2.17. The zero-order valence-electron chi connectivity index (χ0n) is 23.8. The Balaban J connectivity index is 1.88. The third-order valence-electron chi connectivity index (χ3n) is 6.59. The molecule has 2 amide bonds. The maximum atomic E-state index is 13.8. The quantitative estimate of drug-likeness (QED) is 0.263. The van der Waals surface area contributed by atoms with Gasteiger partial charge in [0.15, 0.2) is 0 Å². The van der Waals surface area contributed by atoms with Gasteiger partial charge in [0, 0.05) is 37.5 Å². The van der Waals surface area contributed by atoms with Crippen LogP contribution in [0.4, 0.5) is 5.69 Å². The average Bonchev–Trinajstić information content (AvgIpc) is 2.96. The Morgan fingerprint density at radius 2 is 1.61 bits per heavy atom. The van der Waals surface area contributed by atoms with Crippen LogP contribution in [-0.4, -0.2) is 57.6 Å². The van der Waals surface area contributed by atoms with E-state index in [9.17, 15) is 18.0 Å². The topological polar surface area (TPSA) is 96.0 Å². The Morgan fingerprint density at radius 3 is 2.24 bits per heavy atom. The molecule has 0 saturated carbocycles. The fourth-order valence-electron chi connectivity index (χ4n) is 4.52. The fourth-order valence-corrected chi connectivity index (χ4v) is 5.62. The van der Waals surface area contributed by atoms with Crippen molar-refractivity contribution in [1.29, 1.82) is 0 Å². The number of hydrogen-bond acceptors (Lipinski definition) is 5. The number of methoxy groups -OCH3 is 1. The van der Waals surface area contributed by atoms with Gasteiger partial charge in [0.25, 0.3) is 0 Å². The predicted octanol–water partition coefficient (Wildman–Crippen LogP) is 5.06. The molecule has 1 atom stereocenters. The first kappa shape index (κ1) is 32.0. The van der Waals surface area contributed by atoms with Crippen LogP contribution in [0.3, 0.4) is 0 Å². The van der Waals surface area contributed by atoms with Gasteiger partial charge in [0.05, 0.1) is 19.1 Å². The van der Waals surface area contributed by atoms with Crippen LogP contribution in [0.25, 0.3) is 0 Å². The number of hydrogen-bond donors (Lipinski definition) is 1. The molecule has 0 aliphatic carbocycles. The minimum atomic E-state index is -3.65. The molecule has 0 bridgehead atoms. The minimum absolute atomic E-state index is 0.0428. The standard InChI is InChI=1S/C31H38ClN3O5S/c1-4-20-33-31(37)28(22-24-11-6-5-7-12-24)34(23-25-16-18-26(32)19-17-25)30(36)15-10-21-35(41(3,38)39)27-13-8-9-14-29(27)40-2/h5-9,11-14,16-19,28H,4,10,15,20-23H2,1-3H3,(H,33,37)/t28-/m0/s1. The van der Waals surface area contributed by atoms with E-state index in [1.54, 1.807) is 41.3 Å². The summed E-state index contributed by atoms with van der Waals surface area (Å²) in [6.07, 6.45) is 2.52. The number of carbonyl (C=O) groups excluding carboxylic acids is 2. The summed E-state index contributed by atoms with van der Waals surface area (Å²) in [5, 5.41) is 3.53. The molecule has 0 aromatic heterocycles. The molecular formula is C31H38ClN3O5S. The highest BCUT2D eigenvalue weighted by Gasteiger charge is 2.30. The van der Waals surface area contributed by atoms with Crippen LogP contribution in [0.5, 0.6) is 5.75 Å². The van der Waals surface area contributed by atoms with Gasteiger partial charge in [-0.15, -0.1) is 0 Å². The lowest BCUT2D eigenvalue weighted by atomic mass is 10.0. The summed E-state index contributed by atoms with van der Waals surface area (Å²) in [6.45, 7) is 2.74. The molecule has 41 heavy (non-hydrogen) atoms. The molecular weight excluding hydrogens is 562 g/mol. The van der Waals surface area contributed by atoms with Crippen molar-refractivity contribution in [2.45, 2.75) is 45.2 Å². The molecule has 3 aromatic rings. The number of amides is 2. The predicted molar refractivity (Wildman–Crippen MR) is 164 cm³/mol. The molecule has 0 heterocycles. The Morgan fingerprint density at radius 1 is 0.951 bits per heavy atom. The zero-order chi connectivity index (χ0) is 29.8. The van der Waals surface area contributed by atoms with Crippen LogP contribution < -0.4 is 14.4 Å². The van der Waals surface area contributed by atoms with Crippen molar-refractivity contribution in [3.8, 4) is 5.75 Å². The van der Waals surface area contributed by atoms with Gasteiger partial charge in [-0.3, -0.25) is 13.9 Å². The van der Waals surface area contributed by atoms with E-state index in [1.807, 2.05) is 49.4 Å². The van der Waals surface area contributed by atoms with Crippen molar-refractivity contribution in [1.82, 2.24) is 10.2 Å². The second-order valence-electron chi connectivity index (χ2n) is 9.76. The van der Waals surface area contributed by atoms with Gasteiger partial charge in [-0.05, 0) is 48.2 Å². The zero-order valence-corrected chi connectivity index (χ0v) is 25.3. The molecule has 0 aliphatic rings. The third-order valence-corrected chi connectivity index (χ3v) is 8.02. The number of nitrogens with one attached hydrogen (secondary N) is 1. The van der Waals surface area contributed by atoms with E-state index >= 15 is 0 Å². The van der Waals surface area contributed by atoms with E-state index in [0.29, 0.717) is 29.4 Å². The summed E-state index contributed by atoms with van der Waals surface area (Å²) >= 11 is 6.09. The molecule has 0 aliphatic heterocycles. The Bertz CT molecular complexity index is 1380. The second kappa shape index (κ2) is 15.4. The summed E-state index contributed by atoms with van der Waals surface area (Å²) in [5.74, 6) is -0.0602. The van der Waals surface area contributed by atoms with Crippen molar-refractivity contribution in [3.05, 3.63) is 95.0 Å². The maximum Gasteiger partial charge on any atom is 0.243 e. The summed E-state index contributed by atoms with van der Waals surface area (Å²) in [5.41, 5.74) is 2.16. The highest BCUT2D eigenvalue weighted by Crippen LogP contribution is 2.30. The van der Waals surface area contributed by atoms with E-state index in [-0.39, 0.29) is 37.7 Å². The number of rotatable bonds is 15. The van der Waals surface area contributed by atoms with Crippen molar-refractivity contribution in [3.63, 3.8) is 0 Å². The molecule has 3 rings (SSSR count). The molecule has 1 N–H and O–H groups in total. The minimum Gasteiger partial charge on any atom is -0.495 e. The molecule has 8 nitrogen and oxygen atoms in total. The molecule has 0 spiro atoms. The monoisotopic (exact) mass is 599 g/mol. The Hall–Kier alpha value is -3.56. The highest BCUT2D eigenvalue weighted by atomic mass is 35.5. The number of benzene rings is 3. The van der Waals surface area contributed by atoms with E-state index in [4.69, 9.17) is 16.3 Å². The van der Waals surface area contributed by atoms with Crippen molar-refractivity contribution >= 4 is 39.1 Å². The summed E-state index contributed by atoms with van der Waals surface area (Å²) < 4.78 is 32.0. The lowest BCUT2D eigenvalue weighted by Gasteiger charge is -2.32. The Kier molecular flexibility index (Phi) is 12.0. The number of para-hydroxylation sites is 2. The van der Waals surface area contributed by atoms with Crippen molar-refractivity contribution < 1.29 is 22.7 Å². The van der Waals surface area contributed by atoms with Crippen LogP contribution in [0.1, 0.15) is 37.3 Å². The molecule has 0 radical (unpaired) electrons. The summed E-state index contributed by atoms with van der Waals surface area (Å²) in [4.78, 5) is 28.9. The average molecular weight is 600 g/mol. The first-order chi connectivity index (χ1) is 19.6. The van der Waals surface area contributed by atoms with E-state index < -0.39 is 16.1 Å². The molecule has 0 fully saturated rings. The van der Waals surface area contributed by atoms with Gasteiger partial charge in [-0.1, -0.05) is 73.1 Å². The first-order valence-electron chi connectivity index (χ1n) is 13.6. The number of nitrogens with zero attached hydrogens (tertiary/aromatic N) is 2. The third kappa shape index (κ3) is 9.50. The van der Waals surface area contributed by atoms with E-state index in [2.05, 4.69) is 5.32 Å². The van der Waals surface area contributed by atoms with Crippen molar-refractivity contribution in [2.75, 3.05) is 30.8 Å². The molecule has 10 heteroatoms. The van der Waals surface area contributed by atoms with Gasteiger partial charge in [-0.25, -0.2) is 8.42 Å². The molecule has 220 valence electrons. The number of anilines is 1. The van der Waals surface area contributed by atoms with Crippen LogP contribution in [0.2, 0.25) is 5.02 Å². The van der Waals surface area contributed by atoms with Gasteiger partial charge in [0.2, 0.25) is 21.8 Å². The number of ether oxygens (including phenoxy) is 1. The molecule has 3 aromatic carbocycles. The smallest absolute Gasteiger partial charge is 0.243 e. The van der Waals surface area contributed by atoms with E-state index in [0.717, 1.165) is 23.8 Å². The number of sulfonamides is 1. The molecule has 0 saturated heterocycles. The van der Waals surface area contributed by atoms with Crippen LogP contribution in [0.15, 0.2) is 78.9 Å². The SMILES string of the molecule is CCCNC(=O)[C@H](Cc1ccccc1)N(Cc1ccc(Cl)cc1)C(=O)CCCN(c1ccccc1OC)S(C)(=O)=O. The van der Waals surface area contributed by atoms with Gasteiger partial charge < -0.3 is 15.0 Å². The normalized spacial score (nSPS) is 11.9. The van der Waals surface area contributed by atoms with Crippen LogP contribution in [-0.2, 0) is 32.6 Å². The lowest BCUT2D eigenvalue weighted by molar-refractivity contribution is -0.141. The largest absolute Gasteiger partial charge is 0.495 e. The summed E-state index contributed by atoms with van der Waals surface area (Å²) in [6, 6.07) is 22.8. The fraction of sp³-hybridized carbons (Fsp3) is 0.355. The van der Waals surface area contributed by atoms with E-state index in [1.165, 1.54) is 11.4 Å². The number of halogens is 1. The van der Waals surface area contributed by atoms with Gasteiger partial charge in [0.1, 0.15) is 11.8 Å². The number of carbonyl (C=O) groups is 2. The highest BCUT2D eigenvalue weighted by molar-refractivity contribution is 7.92. The molecule has 0 unspecified atom stereocenters. The first-order valence-corrected chi connectivity index (χ1v) is 15.8. The van der Waals surface area contributed by atoms with Crippen molar-refractivity contribution in [2.24, 2.45) is 0 Å². The van der Waals surface area contributed by atoms with Crippen LogP contribution in [0, 0.1) is 0 Å². The second-order valence-corrected chi connectivity index (χ2v) is 12.1. The van der Waals surface area contributed by atoms with Crippen LogP contribution >= 0.6 is 11.6 Å². The van der Waals surface area contributed by atoms with Gasteiger partial charge >= 0.3 is 0 Å². The lowest BCUT2D eigenvalue weighted by Crippen LogP contribution is -2.50.